The molecule has 124 valence electrons. The second-order valence-corrected chi connectivity index (χ2v) is 7.54. The van der Waals surface area contributed by atoms with Gasteiger partial charge in [-0.25, -0.2) is 8.42 Å². The van der Waals surface area contributed by atoms with Crippen LogP contribution >= 0.6 is 11.6 Å². The number of hydrogen-bond donors (Lipinski definition) is 0. The standard InChI is InChI=1S/C13H15ClF3NO3S/c1-8-6-18(7-9(2)21-8)22(19,20)12-5-10(13(15,16)17)3-4-11(12)14/h3-5,8-9H,6-7H2,1-2H3. The van der Waals surface area contributed by atoms with E-state index in [0.29, 0.717) is 6.07 Å². The van der Waals surface area contributed by atoms with Gasteiger partial charge in [0.05, 0.1) is 22.8 Å². The van der Waals surface area contributed by atoms with E-state index in [1.54, 1.807) is 13.8 Å². The van der Waals surface area contributed by atoms with E-state index in [4.69, 9.17) is 16.3 Å². The molecule has 4 nitrogen and oxygen atoms in total. The molecule has 0 N–H and O–H groups in total. The van der Waals surface area contributed by atoms with Crippen molar-refractivity contribution in [1.82, 2.24) is 4.31 Å². The lowest BCUT2D eigenvalue weighted by molar-refractivity contribution is -0.137. The Bertz CT molecular complexity index is 653. The lowest BCUT2D eigenvalue weighted by Crippen LogP contribution is -2.48. The van der Waals surface area contributed by atoms with Crippen molar-refractivity contribution in [3.8, 4) is 0 Å². The van der Waals surface area contributed by atoms with Gasteiger partial charge < -0.3 is 4.74 Å². The van der Waals surface area contributed by atoms with Gasteiger partial charge in [0.25, 0.3) is 0 Å². The third kappa shape index (κ3) is 3.56. The first-order chi connectivity index (χ1) is 10.0. The summed E-state index contributed by atoms with van der Waals surface area (Å²) in [6.07, 6.45) is -5.33. The molecule has 0 bridgehead atoms. The van der Waals surface area contributed by atoms with Gasteiger partial charge in [0.2, 0.25) is 10.0 Å². The molecule has 1 heterocycles. The Balaban J connectivity index is 2.45. The summed E-state index contributed by atoms with van der Waals surface area (Å²) in [5, 5.41) is -0.236. The number of hydrogen-bond acceptors (Lipinski definition) is 3. The van der Waals surface area contributed by atoms with E-state index >= 15 is 0 Å². The molecular formula is C13H15ClF3NO3S. The van der Waals surface area contributed by atoms with Crippen molar-refractivity contribution in [3.05, 3.63) is 28.8 Å². The SMILES string of the molecule is CC1CN(S(=O)(=O)c2cc(C(F)(F)F)ccc2Cl)CC(C)O1. The lowest BCUT2D eigenvalue weighted by atomic mass is 10.2. The topological polar surface area (TPSA) is 46.6 Å². The monoisotopic (exact) mass is 357 g/mol. The molecule has 1 aliphatic rings. The molecule has 0 radical (unpaired) electrons. The van der Waals surface area contributed by atoms with Gasteiger partial charge in [-0.1, -0.05) is 11.6 Å². The minimum Gasteiger partial charge on any atom is -0.373 e. The Hall–Kier alpha value is -0.830. The zero-order valence-electron chi connectivity index (χ0n) is 11.9. The van der Waals surface area contributed by atoms with Crippen LogP contribution in [0.2, 0.25) is 5.02 Å². The highest BCUT2D eigenvalue weighted by molar-refractivity contribution is 7.89. The van der Waals surface area contributed by atoms with Crippen molar-refractivity contribution >= 4 is 21.6 Å². The summed E-state index contributed by atoms with van der Waals surface area (Å²) in [6.45, 7) is 3.54. The predicted molar refractivity (Wildman–Crippen MR) is 75.2 cm³/mol. The molecule has 9 heteroatoms. The Morgan fingerprint density at radius 3 is 2.27 bits per heavy atom. The largest absolute Gasteiger partial charge is 0.416 e. The highest BCUT2D eigenvalue weighted by Crippen LogP contribution is 2.34. The molecule has 0 spiro atoms. The third-order valence-corrected chi connectivity index (χ3v) is 5.58. The van der Waals surface area contributed by atoms with Crippen molar-refractivity contribution in [2.75, 3.05) is 13.1 Å². The van der Waals surface area contributed by atoms with Crippen LogP contribution in [-0.2, 0) is 20.9 Å². The molecule has 0 aromatic heterocycles. The van der Waals surface area contributed by atoms with Crippen LogP contribution in [0, 0.1) is 0 Å². The van der Waals surface area contributed by atoms with E-state index < -0.39 is 26.7 Å². The number of halogens is 4. The molecule has 22 heavy (non-hydrogen) atoms. The van der Waals surface area contributed by atoms with E-state index in [9.17, 15) is 21.6 Å². The number of sulfonamides is 1. The van der Waals surface area contributed by atoms with Crippen molar-refractivity contribution < 1.29 is 26.3 Å². The van der Waals surface area contributed by atoms with Crippen molar-refractivity contribution in [2.45, 2.75) is 37.1 Å². The molecule has 1 aromatic rings. The number of benzene rings is 1. The Morgan fingerprint density at radius 2 is 1.77 bits per heavy atom. The summed E-state index contributed by atoms with van der Waals surface area (Å²) in [6, 6.07) is 2.28. The van der Waals surface area contributed by atoms with Crippen molar-refractivity contribution in [2.24, 2.45) is 0 Å². The summed E-state index contributed by atoms with van der Waals surface area (Å²) in [5.41, 5.74) is -1.05. The number of nitrogens with zero attached hydrogens (tertiary/aromatic N) is 1. The van der Waals surface area contributed by atoms with Gasteiger partial charge in [-0.3, -0.25) is 0 Å². The van der Waals surface area contributed by atoms with Crippen LogP contribution in [-0.4, -0.2) is 38.0 Å². The summed E-state index contributed by atoms with van der Waals surface area (Å²) >= 11 is 5.82. The van der Waals surface area contributed by atoms with Gasteiger partial charge in [0.1, 0.15) is 4.90 Å². The normalized spacial score (nSPS) is 24.5. The average Bonchev–Trinajstić information content (AvgIpc) is 2.36. The molecule has 1 fully saturated rings. The molecule has 1 aromatic carbocycles. The molecule has 2 atom stereocenters. The minimum atomic E-state index is -4.64. The highest BCUT2D eigenvalue weighted by Gasteiger charge is 2.36. The predicted octanol–water partition coefficient (Wildman–Crippen LogP) is 3.16. The van der Waals surface area contributed by atoms with E-state index in [0.717, 1.165) is 16.4 Å². The van der Waals surface area contributed by atoms with E-state index in [1.807, 2.05) is 0 Å². The zero-order valence-corrected chi connectivity index (χ0v) is 13.5. The van der Waals surface area contributed by atoms with Crippen LogP contribution in [0.25, 0.3) is 0 Å². The van der Waals surface area contributed by atoms with Gasteiger partial charge >= 0.3 is 6.18 Å². The maximum absolute atomic E-state index is 12.8. The number of alkyl halides is 3. The molecule has 0 amide bonds. The molecule has 0 saturated carbocycles. The average molecular weight is 358 g/mol. The van der Waals surface area contributed by atoms with E-state index in [2.05, 4.69) is 0 Å². The van der Waals surface area contributed by atoms with Gasteiger partial charge in [-0.2, -0.15) is 17.5 Å². The fourth-order valence-electron chi connectivity index (χ4n) is 2.34. The molecule has 2 unspecified atom stereocenters. The number of morpholine rings is 1. The van der Waals surface area contributed by atoms with Crippen LogP contribution in [0.5, 0.6) is 0 Å². The van der Waals surface area contributed by atoms with Gasteiger partial charge in [0.15, 0.2) is 0 Å². The summed E-state index contributed by atoms with van der Waals surface area (Å²) < 4.78 is 70.1. The van der Waals surface area contributed by atoms with Crippen LogP contribution in [0.1, 0.15) is 19.4 Å². The first-order valence-corrected chi connectivity index (χ1v) is 8.36. The second kappa shape index (κ2) is 5.99. The maximum Gasteiger partial charge on any atom is 0.416 e. The Labute approximate surface area is 131 Å². The quantitative estimate of drug-likeness (QED) is 0.816. The lowest BCUT2D eigenvalue weighted by Gasteiger charge is -2.34. The highest BCUT2D eigenvalue weighted by atomic mass is 35.5. The van der Waals surface area contributed by atoms with Crippen LogP contribution < -0.4 is 0 Å². The van der Waals surface area contributed by atoms with Crippen LogP contribution in [0.3, 0.4) is 0 Å². The third-order valence-electron chi connectivity index (χ3n) is 3.26. The summed E-state index contributed by atoms with van der Waals surface area (Å²) in [4.78, 5) is -0.537. The van der Waals surface area contributed by atoms with Crippen LogP contribution in [0.15, 0.2) is 23.1 Å². The molecular weight excluding hydrogens is 343 g/mol. The molecule has 2 rings (SSSR count). The minimum absolute atomic E-state index is 0.0687. The van der Waals surface area contributed by atoms with Gasteiger partial charge in [-0.05, 0) is 32.0 Å². The summed E-state index contributed by atoms with van der Waals surface area (Å²) in [5.74, 6) is 0. The first kappa shape index (κ1) is 17.5. The first-order valence-electron chi connectivity index (χ1n) is 6.54. The van der Waals surface area contributed by atoms with Gasteiger partial charge in [-0.15, -0.1) is 0 Å². The molecule has 0 aliphatic carbocycles. The number of ether oxygens (including phenoxy) is 1. The molecule has 1 saturated heterocycles. The maximum atomic E-state index is 12.8. The fourth-order valence-corrected chi connectivity index (χ4v) is 4.43. The Kier molecular flexibility index (Phi) is 4.77. The Morgan fingerprint density at radius 1 is 1.23 bits per heavy atom. The van der Waals surface area contributed by atoms with Crippen molar-refractivity contribution in [1.29, 1.82) is 0 Å². The van der Waals surface area contributed by atoms with Gasteiger partial charge in [0, 0.05) is 13.1 Å². The summed E-state index contributed by atoms with van der Waals surface area (Å²) in [7, 11) is -4.12. The zero-order chi connectivity index (χ0) is 16.7. The van der Waals surface area contributed by atoms with E-state index in [1.165, 1.54) is 0 Å². The second-order valence-electron chi connectivity index (χ2n) is 5.22. The van der Waals surface area contributed by atoms with Crippen LogP contribution in [0.4, 0.5) is 13.2 Å². The number of rotatable bonds is 2. The van der Waals surface area contributed by atoms with E-state index in [-0.39, 0.29) is 30.3 Å². The fraction of sp³-hybridized carbons (Fsp3) is 0.538. The smallest absolute Gasteiger partial charge is 0.373 e. The van der Waals surface area contributed by atoms with Crippen molar-refractivity contribution in [3.63, 3.8) is 0 Å². The molecule has 1 aliphatic heterocycles.